The Bertz CT molecular complexity index is 712. The van der Waals surface area contributed by atoms with Crippen molar-refractivity contribution in [2.45, 2.75) is 38.9 Å². The van der Waals surface area contributed by atoms with Gasteiger partial charge in [-0.1, -0.05) is 36.7 Å². The predicted molar refractivity (Wildman–Crippen MR) is 97.2 cm³/mol. The molecule has 2 atom stereocenters. The molecule has 0 bridgehead atoms. The van der Waals surface area contributed by atoms with Crippen LogP contribution in [0.2, 0.25) is 5.02 Å². The van der Waals surface area contributed by atoms with E-state index in [4.69, 9.17) is 11.6 Å². The van der Waals surface area contributed by atoms with Gasteiger partial charge in [0.25, 0.3) is 0 Å². The van der Waals surface area contributed by atoms with Crippen LogP contribution in [0.4, 0.5) is 0 Å². The molecule has 3 rings (SSSR count). The highest BCUT2D eigenvalue weighted by Crippen LogP contribution is 2.35. The molecule has 1 aromatic heterocycles. The number of aromatic nitrogens is 1. The first-order valence-corrected chi connectivity index (χ1v) is 8.90. The molecule has 1 aliphatic rings. The number of benzene rings is 1. The summed E-state index contributed by atoms with van der Waals surface area (Å²) in [6, 6.07) is 12.3. The Kier molecular flexibility index (Phi) is 5.27. The van der Waals surface area contributed by atoms with E-state index in [1.807, 2.05) is 25.1 Å². The van der Waals surface area contributed by atoms with E-state index >= 15 is 0 Å². The molecule has 1 aliphatic heterocycles. The maximum absolute atomic E-state index is 12.4. The van der Waals surface area contributed by atoms with Gasteiger partial charge in [0.05, 0.1) is 12.6 Å². The second kappa shape index (κ2) is 7.41. The SMILES string of the molecule is CCC(C)NC(=O)CN1CCn2cccc2C1c1ccccc1Cl. The Morgan fingerprint density at radius 3 is 2.83 bits per heavy atom. The second-order valence-corrected chi connectivity index (χ2v) is 6.80. The van der Waals surface area contributed by atoms with Crippen LogP contribution in [-0.4, -0.2) is 34.5 Å². The van der Waals surface area contributed by atoms with Crippen molar-refractivity contribution >= 4 is 17.5 Å². The van der Waals surface area contributed by atoms with Crippen molar-refractivity contribution in [2.75, 3.05) is 13.1 Å². The number of amides is 1. The molecule has 1 amide bonds. The van der Waals surface area contributed by atoms with Gasteiger partial charge in [0.15, 0.2) is 0 Å². The lowest BCUT2D eigenvalue weighted by atomic mass is 9.99. The number of nitrogens with one attached hydrogen (secondary N) is 1. The molecule has 0 saturated carbocycles. The highest BCUT2D eigenvalue weighted by Gasteiger charge is 2.31. The summed E-state index contributed by atoms with van der Waals surface area (Å²) in [5.74, 6) is 0.0707. The third kappa shape index (κ3) is 3.50. The number of carbonyl (C=O) groups is 1. The Hall–Kier alpha value is -1.78. The average molecular weight is 346 g/mol. The van der Waals surface area contributed by atoms with Gasteiger partial charge in [-0.05, 0) is 37.1 Å². The van der Waals surface area contributed by atoms with Gasteiger partial charge >= 0.3 is 0 Å². The molecular weight excluding hydrogens is 322 g/mol. The van der Waals surface area contributed by atoms with Crippen LogP contribution < -0.4 is 5.32 Å². The molecule has 128 valence electrons. The maximum Gasteiger partial charge on any atom is 0.234 e. The third-order valence-corrected chi connectivity index (χ3v) is 5.05. The van der Waals surface area contributed by atoms with Crippen LogP contribution >= 0.6 is 11.6 Å². The van der Waals surface area contributed by atoms with Crippen LogP contribution in [0.15, 0.2) is 42.6 Å². The Labute approximate surface area is 148 Å². The first-order valence-electron chi connectivity index (χ1n) is 8.53. The normalized spacial score (nSPS) is 18.9. The van der Waals surface area contributed by atoms with E-state index in [-0.39, 0.29) is 18.0 Å². The van der Waals surface area contributed by atoms with Crippen molar-refractivity contribution in [3.05, 3.63) is 58.9 Å². The van der Waals surface area contributed by atoms with Gasteiger partial charge in [-0.3, -0.25) is 9.69 Å². The van der Waals surface area contributed by atoms with Crippen molar-refractivity contribution in [2.24, 2.45) is 0 Å². The van der Waals surface area contributed by atoms with Crippen LogP contribution in [0.3, 0.4) is 0 Å². The van der Waals surface area contributed by atoms with E-state index in [2.05, 4.69) is 46.1 Å². The molecule has 0 aliphatic carbocycles. The van der Waals surface area contributed by atoms with Crippen LogP contribution in [0, 0.1) is 0 Å². The summed E-state index contributed by atoms with van der Waals surface area (Å²) in [5.41, 5.74) is 2.24. The van der Waals surface area contributed by atoms with Crippen LogP contribution in [0.1, 0.15) is 37.6 Å². The number of halogens is 1. The zero-order valence-corrected chi connectivity index (χ0v) is 15.0. The zero-order valence-electron chi connectivity index (χ0n) is 14.2. The Balaban J connectivity index is 1.88. The van der Waals surface area contributed by atoms with Crippen LogP contribution in [0.5, 0.6) is 0 Å². The maximum atomic E-state index is 12.4. The summed E-state index contributed by atoms with van der Waals surface area (Å²) in [7, 11) is 0. The molecule has 2 heterocycles. The van der Waals surface area contributed by atoms with Crippen molar-refractivity contribution in [3.8, 4) is 0 Å². The quantitative estimate of drug-likeness (QED) is 0.901. The minimum absolute atomic E-state index is 0.00475. The largest absolute Gasteiger partial charge is 0.353 e. The summed E-state index contributed by atoms with van der Waals surface area (Å²) in [6.07, 6.45) is 3.03. The van der Waals surface area contributed by atoms with Gasteiger partial charge in [0.2, 0.25) is 5.91 Å². The first-order chi connectivity index (χ1) is 11.6. The third-order valence-electron chi connectivity index (χ3n) is 4.70. The molecule has 2 unspecified atom stereocenters. The van der Waals surface area contributed by atoms with Crippen LogP contribution in [-0.2, 0) is 11.3 Å². The lowest BCUT2D eigenvalue weighted by Gasteiger charge is -2.37. The fraction of sp³-hybridized carbons (Fsp3) is 0.421. The first kappa shape index (κ1) is 17.1. The van der Waals surface area contributed by atoms with E-state index < -0.39 is 0 Å². The molecular formula is C19H24ClN3O. The fourth-order valence-corrected chi connectivity index (χ4v) is 3.50. The minimum Gasteiger partial charge on any atom is -0.353 e. The standard InChI is InChI=1S/C19H24ClN3O/c1-3-14(2)21-18(24)13-23-12-11-22-10-6-9-17(22)19(23)15-7-4-5-8-16(15)20/h4-10,14,19H,3,11-13H2,1-2H3,(H,21,24). The van der Waals surface area contributed by atoms with Crippen LogP contribution in [0.25, 0.3) is 0 Å². The topological polar surface area (TPSA) is 37.3 Å². The summed E-state index contributed by atoms with van der Waals surface area (Å²) < 4.78 is 2.25. The average Bonchev–Trinajstić information content (AvgIpc) is 3.04. The monoisotopic (exact) mass is 345 g/mol. The molecule has 5 heteroatoms. The number of fused-ring (bicyclic) bond motifs is 1. The summed E-state index contributed by atoms with van der Waals surface area (Å²) >= 11 is 6.46. The highest BCUT2D eigenvalue weighted by molar-refractivity contribution is 6.31. The predicted octanol–water partition coefficient (Wildman–Crippen LogP) is 3.46. The second-order valence-electron chi connectivity index (χ2n) is 6.40. The summed E-state index contributed by atoms with van der Waals surface area (Å²) in [6.45, 7) is 6.20. The number of hydrogen-bond acceptors (Lipinski definition) is 2. The van der Waals surface area contributed by atoms with Gasteiger partial charge in [-0.2, -0.15) is 0 Å². The van der Waals surface area contributed by atoms with Gasteiger partial charge in [0, 0.05) is 36.0 Å². The molecule has 0 radical (unpaired) electrons. The van der Waals surface area contributed by atoms with Gasteiger partial charge < -0.3 is 9.88 Å². The molecule has 1 N–H and O–H groups in total. The minimum atomic E-state index is 0.00475. The van der Waals surface area contributed by atoms with Crippen molar-refractivity contribution in [3.63, 3.8) is 0 Å². The smallest absolute Gasteiger partial charge is 0.234 e. The van der Waals surface area contributed by atoms with E-state index in [9.17, 15) is 4.79 Å². The number of rotatable bonds is 5. The van der Waals surface area contributed by atoms with Crippen molar-refractivity contribution in [1.29, 1.82) is 0 Å². The Morgan fingerprint density at radius 2 is 2.08 bits per heavy atom. The zero-order chi connectivity index (χ0) is 17.1. The van der Waals surface area contributed by atoms with E-state index in [1.54, 1.807) is 0 Å². The lowest BCUT2D eigenvalue weighted by molar-refractivity contribution is -0.123. The van der Waals surface area contributed by atoms with Crippen molar-refractivity contribution in [1.82, 2.24) is 14.8 Å². The molecule has 4 nitrogen and oxygen atoms in total. The van der Waals surface area contributed by atoms with Gasteiger partial charge in [0.1, 0.15) is 0 Å². The molecule has 1 aromatic carbocycles. The van der Waals surface area contributed by atoms with Gasteiger partial charge in [-0.25, -0.2) is 0 Å². The number of carbonyl (C=O) groups excluding carboxylic acids is 1. The molecule has 0 saturated heterocycles. The Morgan fingerprint density at radius 1 is 1.29 bits per heavy atom. The van der Waals surface area contributed by atoms with E-state index in [0.717, 1.165) is 30.1 Å². The molecule has 2 aromatic rings. The summed E-state index contributed by atoms with van der Waals surface area (Å²) in [4.78, 5) is 14.6. The summed E-state index contributed by atoms with van der Waals surface area (Å²) in [5, 5.41) is 3.80. The molecule has 0 spiro atoms. The number of nitrogens with zero attached hydrogens (tertiary/aromatic N) is 2. The van der Waals surface area contributed by atoms with E-state index in [0.29, 0.717) is 6.54 Å². The number of hydrogen-bond donors (Lipinski definition) is 1. The van der Waals surface area contributed by atoms with Crippen molar-refractivity contribution < 1.29 is 4.79 Å². The molecule has 24 heavy (non-hydrogen) atoms. The molecule has 0 fully saturated rings. The lowest BCUT2D eigenvalue weighted by Crippen LogP contribution is -2.46. The van der Waals surface area contributed by atoms with Gasteiger partial charge in [-0.15, -0.1) is 0 Å². The van der Waals surface area contributed by atoms with E-state index in [1.165, 1.54) is 5.69 Å². The fourth-order valence-electron chi connectivity index (χ4n) is 3.26. The highest BCUT2D eigenvalue weighted by atomic mass is 35.5.